The number of methoxy groups -OCH3 is 1. The van der Waals surface area contributed by atoms with E-state index in [0.717, 1.165) is 36.2 Å². The zero-order chi connectivity index (χ0) is 20.8. The molecule has 2 aromatic rings. The summed E-state index contributed by atoms with van der Waals surface area (Å²) < 4.78 is 5.76. The van der Waals surface area contributed by atoms with Crippen LogP contribution in [-0.4, -0.2) is 48.1 Å². The molecule has 1 saturated heterocycles. The van der Waals surface area contributed by atoms with Gasteiger partial charge in [-0.25, -0.2) is 4.79 Å². The summed E-state index contributed by atoms with van der Waals surface area (Å²) in [4.78, 5) is 16.4. The molecule has 0 unspecified atom stereocenters. The zero-order valence-electron chi connectivity index (χ0n) is 17.3. The van der Waals surface area contributed by atoms with E-state index in [1.165, 1.54) is 24.3 Å². The van der Waals surface area contributed by atoms with Crippen molar-refractivity contribution in [1.82, 2.24) is 9.80 Å². The first kappa shape index (κ1) is 21.8. The molecular formula is C24H29BrN2O2. The van der Waals surface area contributed by atoms with Gasteiger partial charge in [0.1, 0.15) is 0 Å². The molecule has 0 spiro atoms. The average Bonchev–Trinajstić information content (AvgIpc) is 2.71. The van der Waals surface area contributed by atoms with Crippen molar-refractivity contribution in [2.45, 2.75) is 39.0 Å². The summed E-state index contributed by atoms with van der Waals surface area (Å²) >= 11 is 3.51. The third-order valence-corrected chi connectivity index (χ3v) is 5.98. The van der Waals surface area contributed by atoms with Gasteiger partial charge in [0.2, 0.25) is 0 Å². The highest BCUT2D eigenvalue weighted by Crippen LogP contribution is 2.21. The standard InChI is InChI=1S/C24H29BrN2O2/c1-18-14-26(16-21-8-11-23(25)12-9-21)15-19(2)27(18)17-22-6-4-20(5-7-22)10-13-24(28)29-3/h4-13,18-19H,14-17H2,1-3H3/b13-10+/t18-,19+. The van der Waals surface area contributed by atoms with Gasteiger partial charge in [-0.2, -0.15) is 0 Å². The zero-order valence-corrected chi connectivity index (χ0v) is 18.9. The van der Waals surface area contributed by atoms with Crippen LogP contribution in [-0.2, 0) is 22.6 Å². The minimum Gasteiger partial charge on any atom is -0.466 e. The van der Waals surface area contributed by atoms with E-state index in [1.54, 1.807) is 6.08 Å². The third kappa shape index (κ3) is 6.26. The van der Waals surface area contributed by atoms with Crippen molar-refractivity contribution >= 4 is 28.0 Å². The van der Waals surface area contributed by atoms with Crippen molar-refractivity contribution < 1.29 is 9.53 Å². The molecule has 0 bridgehead atoms. The van der Waals surface area contributed by atoms with Crippen molar-refractivity contribution in [2.24, 2.45) is 0 Å². The summed E-state index contributed by atoms with van der Waals surface area (Å²) in [6.45, 7) is 8.71. The van der Waals surface area contributed by atoms with E-state index >= 15 is 0 Å². The second kappa shape index (κ2) is 10.2. The van der Waals surface area contributed by atoms with Gasteiger partial charge < -0.3 is 4.74 Å². The maximum absolute atomic E-state index is 11.2. The highest BCUT2D eigenvalue weighted by Gasteiger charge is 2.29. The number of carbonyl (C=O) groups is 1. The smallest absolute Gasteiger partial charge is 0.330 e. The maximum Gasteiger partial charge on any atom is 0.330 e. The molecule has 4 nitrogen and oxygen atoms in total. The molecule has 2 atom stereocenters. The van der Waals surface area contributed by atoms with Crippen molar-refractivity contribution in [3.8, 4) is 0 Å². The fourth-order valence-corrected chi connectivity index (χ4v) is 4.20. The van der Waals surface area contributed by atoms with Gasteiger partial charge in [-0.15, -0.1) is 0 Å². The Bertz CT molecular complexity index is 821. The fourth-order valence-electron chi connectivity index (χ4n) is 3.93. The summed E-state index contributed by atoms with van der Waals surface area (Å²) in [7, 11) is 1.39. The number of benzene rings is 2. The molecule has 1 aliphatic rings. The first-order valence-corrected chi connectivity index (χ1v) is 10.8. The van der Waals surface area contributed by atoms with Crippen molar-refractivity contribution in [2.75, 3.05) is 20.2 Å². The Balaban J connectivity index is 1.57. The van der Waals surface area contributed by atoms with E-state index in [-0.39, 0.29) is 5.97 Å². The summed E-state index contributed by atoms with van der Waals surface area (Å²) in [5, 5.41) is 0. The number of hydrogen-bond donors (Lipinski definition) is 0. The molecule has 5 heteroatoms. The van der Waals surface area contributed by atoms with Crippen LogP contribution >= 0.6 is 15.9 Å². The van der Waals surface area contributed by atoms with Crippen LogP contribution < -0.4 is 0 Å². The predicted molar refractivity (Wildman–Crippen MR) is 121 cm³/mol. The largest absolute Gasteiger partial charge is 0.466 e. The van der Waals surface area contributed by atoms with Gasteiger partial charge in [0.25, 0.3) is 0 Å². The molecule has 0 amide bonds. The van der Waals surface area contributed by atoms with Gasteiger partial charge in [0.05, 0.1) is 7.11 Å². The third-order valence-electron chi connectivity index (χ3n) is 5.45. The van der Waals surface area contributed by atoms with E-state index in [4.69, 9.17) is 0 Å². The molecule has 1 fully saturated rings. The highest BCUT2D eigenvalue weighted by molar-refractivity contribution is 9.10. The summed E-state index contributed by atoms with van der Waals surface area (Å²) in [6.07, 6.45) is 3.23. The van der Waals surface area contributed by atoms with Crippen molar-refractivity contribution in [3.63, 3.8) is 0 Å². The van der Waals surface area contributed by atoms with Gasteiger partial charge in [-0.3, -0.25) is 9.80 Å². The van der Waals surface area contributed by atoms with Gasteiger partial charge in [-0.1, -0.05) is 52.3 Å². The predicted octanol–water partition coefficient (Wildman–Crippen LogP) is 4.73. The molecule has 0 aliphatic carbocycles. The lowest BCUT2D eigenvalue weighted by atomic mass is 10.0. The van der Waals surface area contributed by atoms with E-state index in [0.29, 0.717) is 12.1 Å². The summed E-state index contributed by atoms with van der Waals surface area (Å²) in [5.74, 6) is -0.335. The lowest BCUT2D eigenvalue weighted by molar-refractivity contribution is -0.134. The Morgan fingerprint density at radius 3 is 2.14 bits per heavy atom. The number of esters is 1. The molecule has 0 radical (unpaired) electrons. The Hall–Kier alpha value is -1.95. The van der Waals surface area contributed by atoms with E-state index in [2.05, 4.69) is 80.7 Å². The number of piperazine rings is 1. The van der Waals surface area contributed by atoms with Crippen LogP contribution in [0.5, 0.6) is 0 Å². The normalized spacial score (nSPS) is 20.8. The molecule has 3 rings (SSSR count). The van der Waals surface area contributed by atoms with Crippen LogP contribution in [0.4, 0.5) is 0 Å². The molecule has 29 heavy (non-hydrogen) atoms. The summed E-state index contributed by atoms with van der Waals surface area (Å²) in [5.41, 5.74) is 3.65. The Kier molecular flexibility index (Phi) is 7.64. The molecule has 1 heterocycles. The number of hydrogen-bond acceptors (Lipinski definition) is 4. The molecule has 0 saturated carbocycles. The number of ether oxygens (including phenoxy) is 1. The maximum atomic E-state index is 11.2. The second-order valence-electron chi connectivity index (χ2n) is 7.79. The molecule has 0 N–H and O–H groups in total. The number of nitrogens with zero attached hydrogens (tertiary/aromatic N) is 2. The van der Waals surface area contributed by atoms with E-state index < -0.39 is 0 Å². The number of carbonyl (C=O) groups excluding carboxylic acids is 1. The molecule has 1 aliphatic heterocycles. The van der Waals surface area contributed by atoms with E-state index in [9.17, 15) is 4.79 Å². The van der Waals surface area contributed by atoms with Crippen LogP contribution in [0, 0.1) is 0 Å². The average molecular weight is 457 g/mol. The van der Waals surface area contributed by atoms with Gasteiger partial charge >= 0.3 is 5.97 Å². The van der Waals surface area contributed by atoms with Crippen LogP contribution in [0.15, 0.2) is 59.1 Å². The second-order valence-corrected chi connectivity index (χ2v) is 8.70. The summed E-state index contributed by atoms with van der Waals surface area (Å²) in [6, 6.07) is 18.0. The lowest BCUT2D eigenvalue weighted by Gasteiger charge is -2.44. The Morgan fingerprint density at radius 2 is 1.55 bits per heavy atom. The molecule has 2 aromatic carbocycles. The lowest BCUT2D eigenvalue weighted by Crippen LogP contribution is -2.55. The van der Waals surface area contributed by atoms with Crippen LogP contribution in [0.2, 0.25) is 0 Å². The van der Waals surface area contributed by atoms with Gasteiger partial charge in [-0.05, 0) is 48.7 Å². The molecule has 154 valence electrons. The van der Waals surface area contributed by atoms with Crippen LogP contribution in [0.1, 0.15) is 30.5 Å². The molecular weight excluding hydrogens is 428 g/mol. The van der Waals surface area contributed by atoms with Crippen LogP contribution in [0.3, 0.4) is 0 Å². The minimum absolute atomic E-state index is 0.335. The molecule has 0 aromatic heterocycles. The quantitative estimate of drug-likeness (QED) is 0.464. The first-order chi connectivity index (χ1) is 13.9. The highest BCUT2D eigenvalue weighted by atomic mass is 79.9. The number of rotatable bonds is 6. The Labute approximate surface area is 182 Å². The van der Waals surface area contributed by atoms with E-state index in [1.807, 2.05) is 12.1 Å². The van der Waals surface area contributed by atoms with Gasteiger partial charge in [0.15, 0.2) is 0 Å². The topological polar surface area (TPSA) is 32.8 Å². The fraction of sp³-hybridized carbons (Fsp3) is 0.375. The number of halogens is 1. The van der Waals surface area contributed by atoms with Crippen molar-refractivity contribution in [1.29, 1.82) is 0 Å². The SMILES string of the molecule is COC(=O)/C=C/c1ccc(CN2[C@H](C)CN(Cc3ccc(Br)cc3)C[C@@H]2C)cc1. The monoisotopic (exact) mass is 456 g/mol. The van der Waals surface area contributed by atoms with Crippen molar-refractivity contribution in [3.05, 3.63) is 75.8 Å². The first-order valence-electron chi connectivity index (χ1n) is 10.0. The minimum atomic E-state index is -0.335. The Morgan fingerprint density at radius 1 is 1.00 bits per heavy atom. The van der Waals surface area contributed by atoms with Crippen LogP contribution in [0.25, 0.3) is 6.08 Å². The van der Waals surface area contributed by atoms with Gasteiger partial charge in [0, 0.05) is 48.8 Å².